The van der Waals surface area contributed by atoms with Gasteiger partial charge in [-0.2, -0.15) is 0 Å². The second-order valence-corrected chi connectivity index (χ2v) is 3.37. The van der Waals surface area contributed by atoms with E-state index in [1.165, 1.54) is 6.07 Å². The van der Waals surface area contributed by atoms with E-state index < -0.39 is 5.97 Å². The fourth-order valence-electron chi connectivity index (χ4n) is 1.25. The Morgan fingerprint density at radius 1 is 1.62 bits per heavy atom. The standard InChI is InChI=1S/C12H15NO3/c1-3-4-5-8-16-11-7-6-10(12(14)15)9(2)13-11/h3,6-7H,1,4-5,8H2,2H3,(H,14,15). The Morgan fingerprint density at radius 3 is 2.94 bits per heavy atom. The molecule has 0 amide bonds. The van der Waals surface area contributed by atoms with E-state index in [0.717, 1.165) is 12.8 Å². The lowest BCUT2D eigenvalue weighted by atomic mass is 10.2. The summed E-state index contributed by atoms with van der Waals surface area (Å²) in [6, 6.07) is 3.08. The number of pyridine rings is 1. The first-order chi connectivity index (χ1) is 7.65. The number of hydrogen-bond acceptors (Lipinski definition) is 3. The maximum atomic E-state index is 10.7. The maximum absolute atomic E-state index is 10.7. The van der Waals surface area contributed by atoms with Crippen LogP contribution in [-0.4, -0.2) is 22.7 Å². The minimum absolute atomic E-state index is 0.207. The number of aromatic carboxylic acids is 1. The molecule has 1 N–H and O–H groups in total. The number of allylic oxidation sites excluding steroid dienone is 1. The van der Waals surface area contributed by atoms with Gasteiger partial charge in [0.15, 0.2) is 0 Å². The second kappa shape index (κ2) is 5.90. The minimum atomic E-state index is -0.969. The molecular weight excluding hydrogens is 206 g/mol. The maximum Gasteiger partial charge on any atom is 0.337 e. The summed E-state index contributed by atoms with van der Waals surface area (Å²) < 4.78 is 5.37. The predicted octanol–water partition coefficient (Wildman–Crippen LogP) is 2.43. The number of unbranched alkanes of at least 4 members (excludes halogenated alkanes) is 1. The summed E-state index contributed by atoms with van der Waals surface area (Å²) in [5, 5.41) is 8.81. The lowest BCUT2D eigenvalue weighted by Gasteiger charge is -2.06. The molecule has 4 heteroatoms. The summed E-state index contributed by atoms with van der Waals surface area (Å²) in [5.74, 6) is -0.505. The lowest BCUT2D eigenvalue weighted by Crippen LogP contribution is -2.04. The van der Waals surface area contributed by atoms with Gasteiger partial charge in [0.05, 0.1) is 17.9 Å². The molecule has 0 atom stereocenters. The van der Waals surface area contributed by atoms with Crippen molar-refractivity contribution in [3.63, 3.8) is 0 Å². The predicted molar refractivity (Wildman–Crippen MR) is 60.9 cm³/mol. The molecule has 1 heterocycles. The van der Waals surface area contributed by atoms with E-state index in [4.69, 9.17) is 9.84 Å². The largest absolute Gasteiger partial charge is 0.478 e. The van der Waals surface area contributed by atoms with Crippen LogP contribution >= 0.6 is 0 Å². The number of carbonyl (C=O) groups is 1. The van der Waals surface area contributed by atoms with Crippen molar-refractivity contribution in [1.82, 2.24) is 4.98 Å². The molecule has 0 radical (unpaired) electrons. The van der Waals surface area contributed by atoms with Gasteiger partial charge in [0.1, 0.15) is 0 Å². The van der Waals surface area contributed by atoms with Crippen molar-refractivity contribution in [1.29, 1.82) is 0 Å². The van der Waals surface area contributed by atoms with E-state index in [1.807, 2.05) is 6.08 Å². The van der Waals surface area contributed by atoms with E-state index >= 15 is 0 Å². The third-order valence-corrected chi connectivity index (χ3v) is 2.09. The third-order valence-electron chi connectivity index (χ3n) is 2.09. The van der Waals surface area contributed by atoms with Crippen LogP contribution in [0.2, 0.25) is 0 Å². The molecule has 0 bridgehead atoms. The topological polar surface area (TPSA) is 59.4 Å². The van der Waals surface area contributed by atoms with Gasteiger partial charge in [-0.1, -0.05) is 6.08 Å². The molecule has 1 rings (SSSR count). The number of rotatable bonds is 6. The minimum Gasteiger partial charge on any atom is -0.478 e. The summed E-state index contributed by atoms with van der Waals surface area (Å²) in [4.78, 5) is 14.8. The molecule has 0 unspecified atom stereocenters. The van der Waals surface area contributed by atoms with Crippen LogP contribution in [0.3, 0.4) is 0 Å². The molecule has 0 saturated heterocycles. The molecular formula is C12H15NO3. The van der Waals surface area contributed by atoms with Crippen molar-refractivity contribution >= 4 is 5.97 Å². The Balaban J connectivity index is 2.59. The SMILES string of the molecule is C=CCCCOc1ccc(C(=O)O)c(C)n1. The Morgan fingerprint density at radius 2 is 2.38 bits per heavy atom. The monoisotopic (exact) mass is 221 g/mol. The molecule has 86 valence electrons. The van der Waals surface area contributed by atoms with Crippen LogP contribution in [0, 0.1) is 6.92 Å². The molecule has 16 heavy (non-hydrogen) atoms. The highest BCUT2D eigenvalue weighted by atomic mass is 16.5. The van der Waals surface area contributed by atoms with Gasteiger partial charge in [-0.3, -0.25) is 0 Å². The molecule has 1 aromatic heterocycles. The first-order valence-corrected chi connectivity index (χ1v) is 5.09. The Bertz CT molecular complexity index is 388. The second-order valence-electron chi connectivity index (χ2n) is 3.37. The molecule has 4 nitrogen and oxygen atoms in total. The molecule has 0 aliphatic heterocycles. The van der Waals surface area contributed by atoms with Gasteiger partial charge in [-0.05, 0) is 25.8 Å². The average molecular weight is 221 g/mol. The fourth-order valence-corrected chi connectivity index (χ4v) is 1.25. The summed E-state index contributed by atoms with van der Waals surface area (Å²) >= 11 is 0. The van der Waals surface area contributed by atoms with Gasteiger partial charge in [-0.25, -0.2) is 9.78 Å². The van der Waals surface area contributed by atoms with E-state index in [9.17, 15) is 4.79 Å². The van der Waals surface area contributed by atoms with Crippen molar-refractivity contribution in [2.24, 2.45) is 0 Å². The van der Waals surface area contributed by atoms with Gasteiger partial charge in [-0.15, -0.1) is 6.58 Å². The van der Waals surface area contributed by atoms with Gasteiger partial charge in [0, 0.05) is 6.07 Å². The molecule has 0 fully saturated rings. The van der Waals surface area contributed by atoms with Gasteiger partial charge in [0.25, 0.3) is 0 Å². The molecule has 0 spiro atoms. The highest BCUT2D eigenvalue weighted by Gasteiger charge is 2.08. The van der Waals surface area contributed by atoms with E-state index in [-0.39, 0.29) is 5.56 Å². The quantitative estimate of drug-likeness (QED) is 0.592. The fraction of sp³-hybridized carbons (Fsp3) is 0.333. The van der Waals surface area contributed by atoms with Crippen molar-refractivity contribution in [2.75, 3.05) is 6.61 Å². The Labute approximate surface area is 94.6 Å². The number of carboxylic acid groups (broad SMARTS) is 1. The molecule has 0 aliphatic carbocycles. The van der Waals surface area contributed by atoms with Crippen LogP contribution in [0.25, 0.3) is 0 Å². The summed E-state index contributed by atoms with van der Waals surface area (Å²) in [6.07, 6.45) is 3.60. The zero-order valence-electron chi connectivity index (χ0n) is 9.27. The third kappa shape index (κ3) is 3.38. The van der Waals surface area contributed by atoms with E-state index in [2.05, 4.69) is 11.6 Å². The van der Waals surface area contributed by atoms with Crippen LogP contribution in [0.15, 0.2) is 24.8 Å². The normalized spacial score (nSPS) is 9.81. The van der Waals surface area contributed by atoms with Crippen LogP contribution in [-0.2, 0) is 0 Å². The lowest BCUT2D eigenvalue weighted by molar-refractivity contribution is 0.0695. The summed E-state index contributed by atoms with van der Waals surface area (Å²) in [7, 11) is 0. The van der Waals surface area contributed by atoms with Gasteiger partial charge < -0.3 is 9.84 Å². The Kier molecular flexibility index (Phi) is 4.51. The average Bonchev–Trinajstić information content (AvgIpc) is 2.24. The Hall–Kier alpha value is -1.84. The number of aryl methyl sites for hydroxylation is 1. The van der Waals surface area contributed by atoms with E-state index in [1.54, 1.807) is 13.0 Å². The van der Waals surface area contributed by atoms with E-state index in [0.29, 0.717) is 18.2 Å². The van der Waals surface area contributed by atoms with Crippen molar-refractivity contribution in [3.8, 4) is 5.88 Å². The van der Waals surface area contributed by atoms with Gasteiger partial charge in [0.2, 0.25) is 5.88 Å². The van der Waals surface area contributed by atoms with Crippen LogP contribution in [0.1, 0.15) is 28.9 Å². The van der Waals surface area contributed by atoms with Crippen LogP contribution in [0.4, 0.5) is 0 Å². The summed E-state index contributed by atoms with van der Waals surface area (Å²) in [5.41, 5.74) is 0.673. The number of aromatic nitrogens is 1. The number of ether oxygens (including phenoxy) is 1. The smallest absolute Gasteiger partial charge is 0.337 e. The summed E-state index contributed by atoms with van der Waals surface area (Å²) in [6.45, 7) is 5.83. The molecule has 0 aromatic carbocycles. The first-order valence-electron chi connectivity index (χ1n) is 5.09. The molecule has 0 aliphatic rings. The van der Waals surface area contributed by atoms with Crippen LogP contribution in [0.5, 0.6) is 5.88 Å². The first kappa shape index (κ1) is 12.2. The van der Waals surface area contributed by atoms with Gasteiger partial charge >= 0.3 is 5.97 Å². The van der Waals surface area contributed by atoms with Crippen LogP contribution < -0.4 is 4.74 Å². The van der Waals surface area contributed by atoms with Crippen molar-refractivity contribution < 1.29 is 14.6 Å². The number of nitrogens with zero attached hydrogens (tertiary/aromatic N) is 1. The molecule has 1 aromatic rings. The number of carboxylic acids is 1. The van der Waals surface area contributed by atoms with Crippen molar-refractivity contribution in [3.05, 3.63) is 36.0 Å². The number of hydrogen-bond donors (Lipinski definition) is 1. The highest BCUT2D eigenvalue weighted by molar-refractivity contribution is 5.88. The zero-order valence-corrected chi connectivity index (χ0v) is 9.27. The highest BCUT2D eigenvalue weighted by Crippen LogP contribution is 2.12. The zero-order chi connectivity index (χ0) is 12.0. The molecule has 0 saturated carbocycles. The van der Waals surface area contributed by atoms with Crippen molar-refractivity contribution in [2.45, 2.75) is 19.8 Å².